The Morgan fingerprint density at radius 3 is 2.33 bits per heavy atom. The molecule has 4 atom stereocenters. The van der Waals surface area contributed by atoms with Crippen LogP contribution in [0.2, 0.25) is 0 Å². The summed E-state index contributed by atoms with van der Waals surface area (Å²) in [4.78, 5) is 10.9. The molecule has 0 amide bonds. The molecule has 0 saturated heterocycles. The van der Waals surface area contributed by atoms with Gasteiger partial charge in [0.2, 0.25) is 0 Å². The number of ether oxygens (including phenoxy) is 1. The van der Waals surface area contributed by atoms with Crippen LogP contribution in [0, 0.1) is 11.8 Å². The van der Waals surface area contributed by atoms with Crippen LogP contribution in [-0.4, -0.2) is 35.0 Å². The van der Waals surface area contributed by atoms with Crippen LogP contribution >= 0.6 is 0 Å². The van der Waals surface area contributed by atoms with Crippen LogP contribution in [0.3, 0.4) is 0 Å². The van der Waals surface area contributed by atoms with E-state index in [0.717, 1.165) is 63.5 Å². The van der Waals surface area contributed by atoms with Gasteiger partial charge in [0, 0.05) is 6.61 Å². The summed E-state index contributed by atoms with van der Waals surface area (Å²) in [7, 11) is 0. The van der Waals surface area contributed by atoms with Crippen LogP contribution in [0.4, 0.5) is 0 Å². The lowest BCUT2D eigenvalue weighted by atomic mass is 9.85. The van der Waals surface area contributed by atoms with E-state index in [0.29, 0.717) is 12.3 Å². The van der Waals surface area contributed by atoms with Crippen LogP contribution in [-0.2, 0) is 9.53 Å². The van der Waals surface area contributed by atoms with E-state index in [1.807, 2.05) is 13.0 Å². The number of rotatable bonds is 18. The molecule has 0 bridgehead atoms. The molecule has 4 nitrogen and oxygen atoms in total. The monoisotopic (exact) mass is 502 g/mol. The third-order valence-electron chi connectivity index (χ3n) is 7.69. The number of carboxylic acids is 1. The maximum Gasteiger partial charge on any atom is 0.306 e. The highest BCUT2D eigenvalue weighted by molar-refractivity contribution is 5.69. The van der Waals surface area contributed by atoms with Crippen LogP contribution in [0.1, 0.15) is 119 Å². The first-order valence-corrected chi connectivity index (χ1v) is 14.3. The fourth-order valence-electron chi connectivity index (χ4n) is 4.67. The lowest BCUT2D eigenvalue weighted by Gasteiger charge is -2.30. The van der Waals surface area contributed by atoms with E-state index in [1.54, 1.807) is 6.92 Å². The van der Waals surface area contributed by atoms with Crippen molar-refractivity contribution in [1.82, 2.24) is 0 Å². The number of aliphatic hydroxyl groups is 1. The van der Waals surface area contributed by atoms with E-state index in [1.165, 1.54) is 35.1 Å². The molecule has 1 aliphatic carbocycles. The quantitative estimate of drug-likeness (QED) is 0.145. The second kappa shape index (κ2) is 17.7. The van der Waals surface area contributed by atoms with Crippen LogP contribution < -0.4 is 0 Å². The maximum atomic E-state index is 10.9. The Kier molecular flexibility index (Phi) is 16.0. The Balaban J connectivity index is 2.37. The Bertz CT molecular complexity index is 786. The zero-order valence-corrected chi connectivity index (χ0v) is 24.2. The average molecular weight is 503 g/mol. The van der Waals surface area contributed by atoms with Gasteiger partial charge in [-0.15, -0.1) is 0 Å². The summed E-state index contributed by atoms with van der Waals surface area (Å²) in [6.45, 7) is 15.6. The summed E-state index contributed by atoms with van der Waals surface area (Å²) in [6.07, 6.45) is 17.7. The Hall–Kier alpha value is -1.65. The van der Waals surface area contributed by atoms with Gasteiger partial charge >= 0.3 is 5.97 Å². The van der Waals surface area contributed by atoms with Gasteiger partial charge in [0.05, 0.1) is 18.1 Å². The van der Waals surface area contributed by atoms with Crippen molar-refractivity contribution in [2.75, 3.05) is 6.61 Å². The molecule has 0 spiro atoms. The number of hydrogen-bond donors (Lipinski definition) is 2. The molecule has 2 N–H and O–H groups in total. The molecule has 1 rings (SSSR count). The number of carboxylic acid groups (broad SMARTS) is 1. The van der Waals surface area contributed by atoms with Gasteiger partial charge in [0.25, 0.3) is 0 Å². The second-order valence-corrected chi connectivity index (χ2v) is 11.1. The number of hydrogen-bond acceptors (Lipinski definition) is 3. The smallest absolute Gasteiger partial charge is 0.306 e. The molecule has 206 valence electrons. The van der Waals surface area contributed by atoms with Gasteiger partial charge in [0.1, 0.15) is 0 Å². The van der Waals surface area contributed by atoms with Crippen LogP contribution in [0.15, 0.2) is 46.1 Å². The minimum atomic E-state index is -0.707. The van der Waals surface area contributed by atoms with Crippen molar-refractivity contribution in [3.63, 3.8) is 0 Å². The minimum absolute atomic E-state index is 0.0374. The summed E-state index contributed by atoms with van der Waals surface area (Å²) >= 11 is 0. The van der Waals surface area contributed by atoms with Crippen molar-refractivity contribution in [3.05, 3.63) is 46.1 Å². The summed E-state index contributed by atoms with van der Waals surface area (Å²) in [5.41, 5.74) is 6.29. The van der Waals surface area contributed by atoms with Gasteiger partial charge in [-0.1, -0.05) is 56.9 Å². The summed E-state index contributed by atoms with van der Waals surface area (Å²) in [5, 5.41) is 19.4. The summed E-state index contributed by atoms with van der Waals surface area (Å²) < 4.78 is 6.24. The molecule has 0 aromatic heterocycles. The first kappa shape index (κ1) is 32.4. The van der Waals surface area contributed by atoms with E-state index < -0.39 is 12.1 Å². The van der Waals surface area contributed by atoms with Crippen molar-refractivity contribution in [1.29, 1.82) is 0 Å². The predicted octanol–water partition coefficient (Wildman–Crippen LogP) is 8.57. The molecular weight excluding hydrogens is 448 g/mol. The largest absolute Gasteiger partial charge is 0.481 e. The van der Waals surface area contributed by atoms with Gasteiger partial charge in [0.15, 0.2) is 0 Å². The van der Waals surface area contributed by atoms with Gasteiger partial charge in [-0.25, -0.2) is 0 Å². The molecule has 0 heterocycles. The number of allylic oxidation sites excluding steroid dienone is 4. The summed E-state index contributed by atoms with van der Waals surface area (Å²) in [6, 6.07) is 0. The van der Waals surface area contributed by atoms with Gasteiger partial charge < -0.3 is 14.9 Å². The molecule has 4 unspecified atom stereocenters. The van der Waals surface area contributed by atoms with Crippen molar-refractivity contribution in [2.24, 2.45) is 11.8 Å². The fourth-order valence-corrected chi connectivity index (χ4v) is 4.67. The normalized spacial score (nSPS) is 20.9. The third kappa shape index (κ3) is 12.5. The molecule has 0 fully saturated rings. The number of unbranched alkanes of at least 4 members (excludes halogenated alkanes) is 1. The third-order valence-corrected chi connectivity index (χ3v) is 7.69. The lowest BCUT2D eigenvalue weighted by molar-refractivity contribution is -0.141. The average Bonchev–Trinajstić information content (AvgIpc) is 2.82. The van der Waals surface area contributed by atoms with Gasteiger partial charge in [-0.3, -0.25) is 4.79 Å². The zero-order chi connectivity index (χ0) is 27.1. The van der Waals surface area contributed by atoms with Crippen molar-refractivity contribution in [2.45, 2.75) is 131 Å². The standard InChI is InChI=1S/C32H54O4/c1-8-9-21-36-31-28(7)27(6)30(33)22-29(31)20-19-25(4)16-11-15-23(2)13-10-14-24(3)17-12-18-26(5)32(34)35/h13,17,22,25-26,30-31,33H,8-12,14-16,18-21H2,1-7H3,(H,34,35)/b23-13+,24-17+. The Morgan fingerprint density at radius 2 is 1.67 bits per heavy atom. The summed E-state index contributed by atoms with van der Waals surface area (Å²) in [5.74, 6) is -0.324. The molecule has 0 aromatic carbocycles. The fraction of sp³-hybridized carbons (Fsp3) is 0.719. The van der Waals surface area contributed by atoms with Crippen LogP contribution in [0.25, 0.3) is 0 Å². The van der Waals surface area contributed by atoms with Crippen molar-refractivity contribution < 1.29 is 19.7 Å². The molecule has 1 aliphatic rings. The molecule has 0 aromatic rings. The van der Waals surface area contributed by atoms with E-state index >= 15 is 0 Å². The SMILES string of the molecule is CCCCOC1C(CCC(C)CCC/C(C)=C/CC/C(C)=C/CCC(C)C(=O)O)=CC(O)C(C)=C1C. The second-order valence-electron chi connectivity index (χ2n) is 11.1. The van der Waals surface area contributed by atoms with E-state index in [9.17, 15) is 9.90 Å². The highest BCUT2D eigenvalue weighted by Crippen LogP contribution is 2.32. The zero-order valence-electron chi connectivity index (χ0n) is 24.2. The number of carbonyl (C=O) groups is 1. The first-order chi connectivity index (χ1) is 17.1. The molecular formula is C32H54O4. The topological polar surface area (TPSA) is 66.8 Å². The molecule has 0 radical (unpaired) electrons. The van der Waals surface area contributed by atoms with E-state index in [-0.39, 0.29) is 12.0 Å². The lowest BCUT2D eigenvalue weighted by Crippen LogP contribution is -2.27. The van der Waals surface area contributed by atoms with Crippen molar-refractivity contribution in [3.8, 4) is 0 Å². The molecule has 0 aliphatic heterocycles. The molecule has 36 heavy (non-hydrogen) atoms. The van der Waals surface area contributed by atoms with Crippen molar-refractivity contribution >= 4 is 5.97 Å². The minimum Gasteiger partial charge on any atom is -0.481 e. The molecule has 0 saturated carbocycles. The van der Waals surface area contributed by atoms with Crippen LogP contribution in [0.5, 0.6) is 0 Å². The number of aliphatic carboxylic acids is 1. The Morgan fingerprint density at radius 1 is 1.00 bits per heavy atom. The first-order valence-electron chi connectivity index (χ1n) is 14.3. The molecule has 4 heteroatoms. The van der Waals surface area contributed by atoms with Gasteiger partial charge in [-0.2, -0.15) is 0 Å². The number of aliphatic hydroxyl groups excluding tert-OH is 1. The van der Waals surface area contributed by atoms with E-state index in [4.69, 9.17) is 9.84 Å². The van der Waals surface area contributed by atoms with Gasteiger partial charge in [-0.05, 0) is 114 Å². The predicted molar refractivity (Wildman–Crippen MR) is 152 cm³/mol. The Labute approximate surface area is 221 Å². The maximum absolute atomic E-state index is 10.9. The van der Waals surface area contributed by atoms with E-state index in [2.05, 4.69) is 46.8 Å². The highest BCUT2D eigenvalue weighted by atomic mass is 16.5. The highest BCUT2D eigenvalue weighted by Gasteiger charge is 2.26.